The molecule has 190 valence electrons. The quantitative estimate of drug-likeness (QED) is 0.439. The van der Waals surface area contributed by atoms with Gasteiger partial charge in [-0.05, 0) is 49.8 Å². The molecule has 0 radical (unpaired) electrons. The number of carbonyl (C=O) groups excluding carboxylic acids is 2. The third-order valence-electron chi connectivity index (χ3n) is 6.80. The topological polar surface area (TPSA) is 86.8 Å². The lowest BCUT2D eigenvalue weighted by Crippen LogP contribution is -2.49. The first kappa shape index (κ1) is 25.7. The number of nitrogens with zero attached hydrogens (tertiary/aromatic N) is 2. The van der Waals surface area contributed by atoms with Gasteiger partial charge < -0.3 is 10.2 Å². The lowest BCUT2D eigenvalue weighted by atomic mass is 10.1. The van der Waals surface area contributed by atoms with E-state index in [1.54, 1.807) is 30.0 Å². The first-order valence-corrected chi connectivity index (χ1v) is 13.9. The van der Waals surface area contributed by atoms with Gasteiger partial charge in [0.05, 0.1) is 10.6 Å². The largest absolute Gasteiger partial charge is 0.352 e. The molecule has 8 heteroatoms. The van der Waals surface area contributed by atoms with Crippen molar-refractivity contribution in [3.63, 3.8) is 0 Å². The Kier molecular flexibility index (Phi) is 7.64. The third-order valence-corrected chi connectivity index (χ3v) is 8.65. The predicted molar refractivity (Wildman–Crippen MR) is 142 cm³/mol. The van der Waals surface area contributed by atoms with Gasteiger partial charge in [0.25, 0.3) is 10.0 Å². The van der Waals surface area contributed by atoms with Crippen LogP contribution in [-0.2, 0) is 26.2 Å². The van der Waals surface area contributed by atoms with E-state index in [-0.39, 0.29) is 30.8 Å². The van der Waals surface area contributed by atoms with Crippen molar-refractivity contribution >= 4 is 38.3 Å². The minimum absolute atomic E-state index is 0.0124. The molecule has 0 saturated heterocycles. The van der Waals surface area contributed by atoms with E-state index >= 15 is 0 Å². The molecular weight excluding hydrogens is 474 g/mol. The smallest absolute Gasteiger partial charge is 0.265 e. The lowest BCUT2D eigenvalue weighted by molar-refractivity contribution is -0.140. The van der Waals surface area contributed by atoms with Crippen LogP contribution in [0.4, 0.5) is 5.69 Å². The van der Waals surface area contributed by atoms with Crippen LogP contribution in [0.25, 0.3) is 10.8 Å². The first-order valence-electron chi connectivity index (χ1n) is 12.4. The summed E-state index contributed by atoms with van der Waals surface area (Å²) < 4.78 is 27.8. The highest BCUT2D eigenvalue weighted by atomic mass is 32.2. The van der Waals surface area contributed by atoms with E-state index in [1.165, 1.54) is 4.31 Å². The SMILES string of the molecule is CCC(C)NC(=O)C(C)N(Cc1ccccc1)C(=O)CCCN1c2cccc3cccc(c23)S1(=O)=O. The van der Waals surface area contributed by atoms with Crippen LogP contribution in [0.1, 0.15) is 45.6 Å². The van der Waals surface area contributed by atoms with Gasteiger partial charge in [0.15, 0.2) is 0 Å². The number of anilines is 1. The molecule has 2 unspecified atom stereocenters. The Hall–Kier alpha value is -3.39. The van der Waals surface area contributed by atoms with Crippen molar-refractivity contribution in [3.05, 3.63) is 72.3 Å². The summed E-state index contributed by atoms with van der Waals surface area (Å²) in [6, 6.07) is 19.8. The molecule has 36 heavy (non-hydrogen) atoms. The van der Waals surface area contributed by atoms with E-state index in [0.29, 0.717) is 23.5 Å². The fourth-order valence-corrected chi connectivity index (χ4v) is 6.29. The van der Waals surface area contributed by atoms with E-state index in [4.69, 9.17) is 0 Å². The maximum absolute atomic E-state index is 13.4. The number of carbonyl (C=O) groups is 2. The Morgan fingerprint density at radius 3 is 2.36 bits per heavy atom. The number of nitrogens with one attached hydrogen (secondary N) is 1. The van der Waals surface area contributed by atoms with Gasteiger partial charge in [-0.2, -0.15) is 0 Å². The maximum Gasteiger partial charge on any atom is 0.265 e. The Bertz CT molecular complexity index is 1350. The van der Waals surface area contributed by atoms with Gasteiger partial charge in [0, 0.05) is 30.9 Å². The molecule has 1 aliphatic heterocycles. The maximum atomic E-state index is 13.4. The molecule has 1 N–H and O–H groups in total. The van der Waals surface area contributed by atoms with Gasteiger partial charge in [-0.25, -0.2) is 8.42 Å². The summed E-state index contributed by atoms with van der Waals surface area (Å²) in [7, 11) is -3.67. The average molecular weight is 508 g/mol. The molecule has 2 amide bonds. The second kappa shape index (κ2) is 10.7. The molecule has 1 aliphatic rings. The number of amides is 2. The first-order chi connectivity index (χ1) is 17.2. The van der Waals surface area contributed by atoms with E-state index in [9.17, 15) is 18.0 Å². The van der Waals surface area contributed by atoms with Crippen LogP contribution in [0.3, 0.4) is 0 Å². The van der Waals surface area contributed by atoms with Crippen LogP contribution < -0.4 is 9.62 Å². The Balaban J connectivity index is 1.48. The van der Waals surface area contributed by atoms with Crippen molar-refractivity contribution in [2.45, 2.75) is 63.6 Å². The summed E-state index contributed by atoms with van der Waals surface area (Å²) in [4.78, 5) is 28.1. The van der Waals surface area contributed by atoms with Crippen molar-refractivity contribution < 1.29 is 18.0 Å². The zero-order chi connectivity index (χ0) is 25.9. The second-order valence-corrected chi connectivity index (χ2v) is 11.1. The average Bonchev–Trinajstić information content (AvgIpc) is 3.10. The Morgan fingerprint density at radius 1 is 0.972 bits per heavy atom. The van der Waals surface area contributed by atoms with E-state index in [1.807, 2.05) is 62.4 Å². The van der Waals surface area contributed by atoms with Crippen molar-refractivity contribution in [1.29, 1.82) is 0 Å². The van der Waals surface area contributed by atoms with Crippen LogP contribution in [0, 0.1) is 0 Å². The van der Waals surface area contributed by atoms with Crippen molar-refractivity contribution in [2.75, 3.05) is 10.8 Å². The number of hydrogen-bond donors (Lipinski definition) is 1. The molecule has 0 bridgehead atoms. The van der Waals surface area contributed by atoms with Gasteiger partial charge in [0.2, 0.25) is 11.8 Å². The van der Waals surface area contributed by atoms with Crippen LogP contribution in [0.5, 0.6) is 0 Å². The van der Waals surface area contributed by atoms with Gasteiger partial charge in [0.1, 0.15) is 6.04 Å². The monoisotopic (exact) mass is 507 g/mol. The highest BCUT2D eigenvalue weighted by Crippen LogP contribution is 2.42. The van der Waals surface area contributed by atoms with Gasteiger partial charge >= 0.3 is 0 Å². The van der Waals surface area contributed by atoms with Gasteiger partial charge in [-0.3, -0.25) is 13.9 Å². The molecule has 0 spiro atoms. The molecule has 7 nitrogen and oxygen atoms in total. The summed E-state index contributed by atoms with van der Waals surface area (Å²) in [6.45, 7) is 6.16. The molecule has 2 atom stereocenters. The Morgan fingerprint density at radius 2 is 1.67 bits per heavy atom. The molecule has 3 aromatic rings. The normalized spacial score (nSPS) is 15.5. The van der Waals surface area contributed by atoms with Crippen molar-refractivity contribution in [3.8, 4) is 0 Å². The minimum Gasteiger partial charge on any atom is -0.352 e. The summed E-state index contributed by atoms with van der Waals surface area (Å²) >= 11 is 0. The molecule has 3 aromatic carbocycles. The molecule has 4 rings (SSSR count). The fraction of sp³-hybridized carbons (Fsp3) is 0.357. The van der Waals surface area contributed by atoms with Crippen LogP contribution >= 0.6 is 0 Å². The van der Waals surface area contributed by atoms with Gasteiger partial charge in [-0.15, -0.1) is 0 Å². The number of hydrogen-bond acceptors (Lipinski definition) is 4. The zero-order valence-electron chi connectivity index (χ0n) is 21.0. The van der Waals surface area contributed by atoms with E-state index in [2.05, 4.69) is 5.32 Å². The number of sulfonamides is 1. The van der Waals surface area contributed by atoms with Crippen LogP contribution in [0.15, 0.2) is 71.6 Å². The van der Waals surface area contributed by atoms with Crippen molar-refractivity contribution in [1.82, 2.24) is 10.2 Å². The highest BCUT2D eigenvalue weighted by molar-refractivity contribution is 7.93. The summed E-state index contributed by atoms with van der Waals surface area (Å²) in [5.74, 6) is -0.379. The summed E-state index contributed by atoms with van der Waals surface area (Å²) in [5, 5.41) is 4.57. The standard InChI is InChI=1S/C28H33N3O4S/c1-4-20(2)29-28(33)21(3)30(19-22-11-6-5-7-12-22)26(32)17-10-18-31-24-15-8-13-23-14-9-16-25(27(23)24)36(31,34)35/h5-9,11-16,20-21H,4,10,17-19H2,1-3H3,(H,29,33). The molecule has 0 aromatic heterocycles. The highest BCUT2D eigenvalue weighted by Gasteiger charge is 2.35. The minimum atomic E-state index is -3.67. The third kappa shape index (κ3) is 5.09. The predicted octanol–water partition coefficient (Wildman–Crippen LogP) is 4.46. The summed E-state index contributed by atoms with van der Waals surface area (Å²) in [6.07, 6.45) is 1.27. The molecule has 0 saturated carbocycles. The zero-order valence-corrected chi connectivity index (χ0v) is 21.8. The van der Waals surface area contributed by atoms with E-state index < -0.39 is 16.1 Å². The Labute approximate surface area is 213 Å². The fourth-order valence-electron chi connectivity index (χ4n) is 4.54. The molecule has 1 heterocycles. The molecule has 0 fully saturated rings. The van der Waals surface area contributed by atoms with Crippen molar-refractivity contribution in [2.24, 2.45) is 0 Å². The van der Waals surface area contributed by atoms with Crippen LogP contribution in [0.2, 0.25) is 0 Å². The summed E-state index contributed by atoms with van der Waals surface area (Å²) in [5.41, 5.74) is 1.58. The molecular formula is C28H33N3O4S. The van der Waals surface area contributed by atoms with Gasteiger partial charge in [-0.1, -0.05) is 61.5 Å². The lowest BCUT2D eigenvalue weighted by Gasteiger charge is -2.30. The van der Waals surface area contributed by atoms with E-state index in [0.717, 1.165) is 22.8 Å². The number of rotatable bonds is 10. The molecule has 0 aliphatic carbocycles. The second-order valence-electron chi connectivity index (χ2n) is 9.31. The van der Waals surface area contributed by atoms with Crippen LogP contribution in [-0.4, -0.2) is 43.8 Å². The number of benzene rings is 3.